The molecule has 0 bridgehead atoms. The Labute approximate surface area is 134 Å². The molecular weight excluding hydrogens is 314 g/mol. The summed E-state index contributed by atoms with van der Waals surface area (Å²) in [6.07, 6.45) is 2.74. The van der Waals surface area contributed by atoms with E-state index < -0.39 is 9.84 Å². The molecule has 1 aromatic carbocycles. The number of carbonyl (C=O) groups is 1. The average molecular weight is 333 g/mol. The number of hydrogen-bond acceptors (Lipinski definition) is 4. The summed E-state index contributed by atoms with van der Waals surface area (Å²) in [4.78, 5) is 17.0. The lowest BCUT2D eigenvalue weighted by Gasteiger charge is -2.13. The van der Waals surface area contributed by atoms with Crippen LogP contribution < -0.4 is 5.32 Å². The largest absolute Gasteiger partial charge is 0.351 e. The van der Waals surface area contributed by atoms with Gasteiger partial charge in [0.25, 0.3) is 0 Å². The lowest BCUT2D eigenvalue weighted by Crippen LogP contribution is -2.37. The molecule has 0 radical (unpaired) electrons. The van der Waals surface area contributed by atoms with Crippen LogP contribution in [-0.2, 0) is 21.2 Å². The predicted octanol–water partition coefficient (Wildman–Crippen LogP) is 1.22. The quantitative estimate of drug-likeness (QED) is 0.912. The third kappa shape index (κ3) is 2.97. The van der Waals surface area contributed by atoms with E-state index in [0.717, 1.165) is 29.7 Å². The van der Waals surface area contributed by atoms with E-state index in [1.807, 2.05) is 28.8 Å². The van der Waals surface area contributed by atoms with Gasteiger partial charge in [0.05, 0.1) is 22.5 Å². The highest BCUT2D eigenvalue weighted by molar-refractivity contribution is 7.91. The average Bonchev–Trinajstić information content (AvgIpc) is 3.21. The number of carbonyl (C=O) groups excluding carboxylic acids is 1. The number of imidazole rings is 1. The molecule has 4 rings (SSSR count). The molecule has 2 heterocycles. The van der Waals surface area contributed by atoms with Crippen LogP contribution in [0.2, 0.25) is 0 Å². The molecule has 2 aliphatic rings. The summed E-state index contributed by atoms with van der Waals surface area (Å²) in [5.74, 6) is 1.50. The zero-order valence-electron chi connectivity index (χ0n) is 12.7. The fourth-order valence-electron chi connectivity index (χ4n) is 3.24. The Hall–Kier alpha value is -1.89. The molecule has 1 N–H and O–H groups in total. The lowest BCUT2D eigenvalue weighted by molar-refractivity contribution is -0.122. The summed E-state index contributed by atoms with van der Waals surface area (Å²) in [6, 6.07) is 7.56. The highest BCUT2D eigenvalue weighted by atomic mass is 32.2. The third-order valence-corrected chi connectivity index (χ3v) is 6.29. The highest BCUT2D eigenvalue weighted by Crippen LogP contribution is 2.40. The van der Waals surface area contributed by atoms with Gasteiger partial charge in [0, 0.05) is 12.0 Å². The van der Waals surface area contributed by atoms with Gasteiger partial charge < -0.3 is 9.88 Å². The van der Waals surface area contributed by atoms with Gasteiger partial charge in [0.15, 0.2) is 9.84 Å². The van der Waals surface area contributed by atoms with Crippen LogP contribution in [0.1, 0.15) is 31.0 Å². The number of hydrogen-bond donors (Lipinski definition) is 1. The van der Waals surface area contributed by atoms with Crippen molar-refractivity contribution in [2.75, 3.05) is 11.5 Å². The molecule has 2 fully saturated rings. The summed E-state index contributed by atoms with van der Waals surface area (Å²) in [5.41, 5.74) is 1.87. The van der Waals surface area contributed by atoms with E-state index in [1.165, 1.54) is 0 Å². The van der Waals surface area contributed by atoms with Crippen LogP contribution in [0.25, 0.3) is 11.0 Å². The Balaban J connectivity index is 1.55. The zero-order valence-corrected chi connectivity index (χ0v) is 13.6. The minimum Gasteiger partial charge on any atom is -0.351 e. The highest BCUT2D eigenvalue weighted by Gasteiger charge is 2.31. The van der Waals surface area contributed by atoms with E-state index >= 15 is 0 Å². The minimum atomic E-state index is -2.98. The van der Waals surface area contributed by atoms with E-state index in [2.05, 4.69) is 10.3 Å². The van der Waals surface area contributed by atoms with Crippen molar-refractivity contribution in [3.05, 3.63) is 30.1 Å². The van der Waals surface area contributed by atoms with Crippen LogP contribution in [0.4, 0.5) is 0 Å². The number of amides is 1. The molecule has 1 unspecified atom stereocenters. The Bertz CT molecular complexity index is 868. The number of sulfone groups is 1. The fraction of sp³-hybridized carbons (Fsp3) is 0.500. The van der Waals surface area contributed by atoms with Gasteiger partial charge in [-0.25, -0.2) is 13.4 Å². The predicted molar refractivity (Wildman–Crippen MR) is 86.9 cm³/mol. The second-order valence-electron chi connectivity index (χ2n) is 6.49. The number of benzene rings is 1. The first-order valence-corrected chi connectivity index (χ1v) is 9.79. The van der Waals surface area contributed by atoms with Gasteiger partial charge in [-0.2, -0.15) is 0 Å². The van der Waals surface area contributed by atoms with Gasteiger partial charge in [0.1, 0.15) is 12.4 Å². The number of fused-ring (bicyclic) bond motifs is 1. The van der Waals surface area contributed by atoms with E-state index in [1.54, 1.807) is 0 Å². The van der Waals surface area contributed by atoms with E-state index in [9.17, 15) is 13.2 Å². The van der Waals surface area contributed by atoms with Gasteiger partial charge in [-0.3, -0.25) is 4.79 Å². The molecule has 1 aromatic heterocycles. The summed E-state index contributed by atoms with van der Waals surface area (Å²) in [5, 5.41) is 2.86. The molecule has 1 amide bonds. The van der Waals surface area contributed by atoms with Crippen LogP contribution in [0.3, 0.4) is 0 Å². The molecular formula is C16H19N3O3S. The smallest absolute Gasteiger partial charge is 0.240 e. The molecule has 0 spiro atoms. The van der Waals surface area contributed by atoms with Crippen molar-refractivity contribution < 1.29 is 13.2 Å². The molecule has 122 valence electrons. The molecule has 6 nitrogen and oxygen atoms in total. The molecule has 7 heteroatoms. The van der Waals surface area contributed by atoms with E-state index in [0.29, 0.717) is 12.3 Å². The van der Waals surface area contributed by atoms with Crippen LogP contribution in [0.5, 0.6) is 0 Å². The topological polar surface area (TPSA) is 81.1 Å². The molecule has 1 saturated carbocycles. The van der Waals surface area contributed by atoms with Gasteiger partial charge in [-0.1, -0.05) is 12.1 Å². The number of nitrogens with zero attached hydrogens (tertiary/aromatic N) is 2. The summed E-state index contributed by atoms with van der Waals surface area (Å²) in [6.45, 7) is 0.197. The first-order valence-electron chi connectivity index (χ1n) is 7.97. The number of rotatable bonds is 4. The molecule has 23 heavy (non-hydrogen) atoms. The van der Waals surface area contributed by atoms with Gasteiger partial charge in [-0.15, -0.1) is 0 Å². The fourth-order valence-corrected chi connectivity index (χ4v) is 4.91. The Morgan fingerprint density at radius 2 is 2.04 bits per heavy atom. The standard InChI is InChI=1S/C16H19N3O3S/c20-15(17-12-7-8-23(21,22)10-12)9-19-14-4-2-1-3-13(14)18-16(19)11-5-6-11/h1-4,11-12H,5-10H2,(H,17,20). The lowest BCUT2D eigenvalue weighted by atomic mass is 10.2. The van der Waals surface area contributed by atoms with Crippen LogP contribution in [0, 0.1) is 0 Å². The molecule has 2 aromatic rings. The summed E-state index contributed by atoms with van der Waals surface area (Å²) in [7, 11) is -2.98. The van der Waals surface area contributed by atoms with Crippen molar-refractivity contribution in [3.63, 3.8) is 0 Å². The maximum Gasteiger partial charge on any atom is 0.240 e. The Morgan fingerprint density at radius 1 is 1.26 bits per heavy atom. The zero-order chi connectivity index (χ0) is 16.0. The molecule has 1 aliphatic heterocycles. The van der Waals surface area contributed by atoms with E-state index in [-0.39, 0.29) is 30.0 Å². The van der Waals surface area contributed by atoms with Gasteiger partial charge >= 0.3 is 0 Å². The monoisotopic (exact) mass is 333 g/mol. The van der Waals surface area contributed by atoms with Gasteiger partial charge in [0.2, 0.25) is 5.91 Å². The SMILES string of the molecule is O=C(Cn1c(C2CC2)nc2ccccc21)NC1CCS(=O)(=O)C1. The maximum atomic E-state index is 12.4. The Kier molecular flexibility index (Phi) is 3.41. The summed E-state index contributed by atoms with van der Waals surface area (Å²) < 4.78 is 25.0. The number of nitrogens with one attached hydrogen (secondary N) is 1. The Morgan fingerprint density at radius 3 is 2.74 bits per heavy atom. The van der Waals surface area contributed by atoms with Crippen molar-refractivity contribution >= 4 is 26.8 Å². The third-order valence-electron chi connectivity index (χ3n) is 4.53. The van der Waals surface area contributed by atoms with E-state index in [4.69, 9.17) is 0 Å². The number of aromatic nitrogens is 2. The number of para-hydroxylation sites is 2. The molecule has 1 aliphatic carbocycles. The van der Waals surface area contributed by atoms with Crippen molar-refractivity contribution in [3.8, 4) is 0 Å². The molecule has 1 saturated heterocycles. The van der Waals surface area contributed by atoms with Crippen molar-refractivity contribution in [1.82, 2.24) is 14.9 Å². The minimum absolute atomic E-state index is 0.0545. The molecule has 1 atom stereocenters. The van der Waals surface area contributed by atoms with Crippen LogP contribution in [0.15, 0.2) is 24.3 Å². The van der Waals surface area contributed by atoms with Crippen LogP contribution in [-0.4, -0.2) is 41.4 Å². The first kappa shape index (κ1) is 14.7. The normalized spacial score (nSPS) is 23.2. The second-order valence-corrected chi connectivity index (χ2v) is 8.72. The van der Waals surface area contributed by atoms with Crippen molar-refractivity contribution in [2.45, 2.75) is 37.8 Å². The second kappa shape index (κ2) is 5.33. The first-order chi connectivity index (χ1) is 11.0. The summed E-state index contributed by atoms with van der Waals surface area (Å²) >= 11 is 0. The van der Waals surface area contributed by atoms with Crippen molar-refractivity contribution in [2.24, 2.45) is 0 Å². The van der Waals surface area contributed by atoms with Crippen LogP contribution >= 0.6 is 0 Å². The van der Waals surface area contributed by atoms with Crippen molar-refractivity contribution in [1.29, 1.82) is 0 Å². The van der Waals surface area contributed by atoms with Gasteiger partial charge in [-0.05, 0) is 31.4 Å². The maximum absolute atomic E-state index is 12.4.